The largest absolute Gasteiger partial charge is 0.378 e. The Morgan fingerprint density at radius 3 is 3.00 bits per heavy atom. The number of hydrogen-bond donors (Lipinski definition) is 1. The lowest BCUT2D eigenvalue weighted by Gasteiger charge is -2.33. The number of nitrogens with zero attached hydrogens (tertiary/aromatic N) is 2. The van der Waals surface area contributed by atoms with Crippen LogP contribution in [-0.2, 0) is 16.1 Å². The molecule has 7 heteroatoms. The maximum Gasteiger partial charge on any atom is 0.272 e. The Kier molecular flexibility index (Phi) is 4.31. The van der Waals surface area contributed by atoms with E-state index in [9.17, 15) is 14.9 Å². The van der Waals surface area contributed by atoms with Crippen molar-refractivity contribution in [2.24, 2.45) is 5.73 Å². The van der Waals surface area contributed by atoms with Crippen LogP contribution in [0, 0.1) is 17.0 Å². The van der Waals surface area contributed by atoms with E-state index >= 15 is 0 Å². The van der Waals surface area contributed by atoms with Crippen molar-refractivity contribution in [3.05, 3.63) is 39.4 Å². The average Bonchev–Trinajstić information content (AvgIpc) is 2.41. The molecule has 0 radical (unpaired) electrons. The molecule has 0 aliphatic carbocycles. The van der Waals surface area contributed by atoms with Crippen LogP contribution in [0.15, 0.2) is 18.2 Å². The van der Waals surface area contributed by atoms with Gasteiger partial charge in [0.15, 0.2) is 0 Å². The van der Waals surface area contributed by atoms with Crippen molar-refractivity contribution in [3.8, 4) is 0 Å². The number of carbonyl (C=O) groups excluding carboxylic acids is 1. The SMILES string of the molecule is Cc1c(CN2CCOC[C@H]2C(N)=O)cccc1[N+](=O)[O-]. The number of hydrogen-bond acceptors (Lipinski definition) is 5. The van der Waals surface area contributed by atoms with Gasteiger partial charge in [0.05, 0.1) is 18.1 Å². The minimum atomic E-state index is -0.484. The molecular formula is C13H17N3O4. The fourth-order valence-electron chi connectivity index (χ4n) is 2.35. The minimum absolute atomic E-state index is 0.0892. The quantitative estimate of drug-likeness (QED) is 0.642. The molecular weight excluding hydrogens is 262 g/mol. The zero-order valence-electron chi connectivity index (χ0n) is 11.2. The molecule has 20 heavy (non-hydrogen) atoms. The lowest BCUT2D eigenvalue weighted by atomic mass is 10.0. The average molecular weight is 279 g/mol. The number of morpholine rings is 1. The van der Waals surface area contributed by atoms with Gasteiger partial charge in [-0.3, -0.25) is 19.8 Å². The number of amides is 1. The second-order valence-electron chi connectivity index (χ2n) is 4.78. The van der Waals surface area contributed by atoms with E-state index in [2.05, 4.69) is 0 Å². The van der Waals surface area contributed by atoms with Crippen LogP contribution >= 0.6 is 0 Å². The summed E-state index contributed by atoms with van der Waals surface area (Å²) in [7, 11) is 0. The maximum atomic E-state index is 11.4. The number of benzene rings is 1. The highest BCUT2D eigenvalue weighted by molar-refractivity contribution is 5.80. The van der Waals surface area contributed by atoms with Crippen LogP contribution in [-0.4, -0.2) is 41.5 Å². The Morgan fingerprint density at radius 2 is 2.35 bits per heavy atom. The van der Waals surface area contributed by atoms with E-state index < -0.39 is 16.9 Å². The Bertz CT molecular complexity index is 532. The topological polar surface area (TPSA) is 98.7 Å². The van der Waals surface area contributed by atoms with Crippen LogP contribution in [0.25, 0.3) is 0 Å². The number of ether oxygens (including phenoxy) is 1. The Labute approximate surface area is 116 Å². The number of carbonyl (C=O) groups is 1. The van der Waals surface area contributed by atoms with Gasteiger partial charge in [0, 0.05) is 24.7 Å². The lowest BCUT2D eigenvalue weighted by Crippen LogP contribution is -2.51. The summed E-state index contributed by atoms with van der Waals surface area (Å²) in [6, 6.07) is 4.47. The molecule has 1 atom stereocenters. The predicted octanol–water partition coefficient (Wildman–Crippen LogP) is 0.589. The van der Waals surface area contributed by atoms with E-state index in [1.54, 1.807) is 13.0 Å². The van der Waals surface area contributed by atoms with E-state index in [4.69, 9.17) is 10.5 Å². The molecule has 2 N–H and O–H groups in total. The van der Waals surface area contributed by atoms with Crippen molar-refractivity contribution in [2.75, 3.05) is 19.8 Å². The first-order valence-corrected chi connectivity index (χ1v) is 6.34. The van der Waals surface area contributed by atoms with Gasteiger partial charge in [0.25, 0.3) is 5.69 Å². The Morgan fingerprint density at radius 1 is 1.60 bits per heavy atom. The molecule has 1 saturated heterocycles. The molecule has 0 unspecified atom stereocenters. The van der Waals surface area contributed by atoms with Crippen molar-refractivity contribution in [2.45, 2.75) is 19.5 Å². The third-order valence-electron chi connectivity index (χ3n) is 3.56. The molecule has 2 rings (SSSR count). The van der Waals surface area contributed by atoms with Crippen LogP contribution in [0.3, 0.4) is 0 Å². The van der Waals surface area contributed by atoms with Gasteiger partial charge in [-0.15, -0.1) is 0 Å². The molecule has 1 heterocycles. The summed E-state index contributed by atoms with van der Waals surface area (Å²) >= 11 is 0. The summed E-state index contributed by atoms with van der Waals surface area (Å²) < 4.78 is 5.25. The third kappa shape index (κ3) is 2.94. The highest BCUT2D eigenvalue weighted by atomic mass is 16.6. The maximum absolute atomic E-state index is 11.4. The van der Waals surface area contributed by atoms with Gasteiger partial charge < -0.3 is 10.5 Å². The van der Waals surface area contributed by atoms with E-state index in [-0.39, 0.29) is 12.3 Å². The molecule has 0 saturated carbocycles. The van der Waals surface area contributed by atoms with E-state index in [1.807, 2.05) is 11.0 Å². The molecule has 0 bridgehead atoms. The lowest BCUT2D eigenvalue weighted by molar-refractivity contribution is -0.385. The number of primary amides is 1. The summed E-state index contributed by atoms with van der Waals surface area (Å²) in [4.78, 5) is 23.8. The summed E-state index contributed by atoms with van der Waals surface area (Å²) in [6.07, 6.45) is 0. The Hall–Kier alpha value is -1.99. The van der Waals surface area contributed by atoms with E-state index in [0.717, 1.165) is 5.56 Å². The molecule has 0 aromatic heterocycles. The predicted molar refractivity (Wildman–Crippen MR) is 72.0 cm³/mol. The molecule has 1 fully saturated rings. The third-order valence-corrected chi connectivity index (χ3v) is 3.56. The molecule has 1 aromatic rings. The fourth-order valence-corrected chi connectivity index (χ4v) is 2.35. The minimum Gasteiger partial charge on any atom is -0.378 e. The van der Waals surface area contributed by atoms with Crippen molar-refractivity contribution < 1.29 is 14.5 Å². The van der Waals surface area contributed by atoms with Crippen LogP contribution < -0.4 is 5.73 Å². The first-order chi connectivity index (χ1) is 9.50. The Balaban J connectivity index is 2.22. The van der Waals surface area contributed by atoms with Crippen LogP contribution in [0.4, 0.5) is 5.69 Å². The fraction of sp³-hybridized carbons (Fsp3) is 0.462. The smallest absolute Gasteiger partial charge is 0.272 e. The zero-order valence-corrected chi connectivity index (χ0v) is 11.2. The van der Waals surface area contributed by atoms with Crippen LogP contribution in [0.1, 0.15) is 11.1 Å². The first kappa shape index (κ1) is 14.4. The molecule has 1 aliphatic heterocycles. The van der Waals surface area contributed by atoms with Crippen molar-refractivity contribution in [1.82, 2.24) is 4.90 Å². The number of rotatable bonds is 4. The number of nitrogens with two attached hydrogens (primary N) is 1. The summed E-state index contributed by atoms with van der Waals surface area (Å²) in [5.41, 5.74) is 6.89. The van der Waals surface area contributed by atoms with Gasteiger partial charge in [0.1, 0.15) is 6.04 Å². The second kappa shape index (κ2) is 5.98. The number of nitro benzene ring substituents is 1. The van der Waals surface area contributed by atoms with Crippen LogP contribution in [0.5, 0.6) is 0 Å². The van der Waals surface area contributed by atoms with Crippen molar-refractivity contribution >= 4 is 11.6 Å². The van der Waals surface area contributed by atoms with Gasteiger partial charge >= 0.3 is 0 Å². The van der Waals surface area contributed by atoms with Gasteiger partial charge in [-0.25, -0.2) is 0 Å². The highest BCUT2D eigenvalue weighted by Gasteiger charge is 2.28. The molecule has 7 nitrogen and oxygen atoms in total. The van der Waals surface area contributed by atoms with Gasteiger partial charge in [-0.2, -0.15) is 0 Å². The normalized spacial score (nSPS) is 19.8. The molecule has 1 aromatic carbocycles. The summed E-state index contributed by atoms with van der Waals surface area (Å²) in [6.45, 7) is 3.54. The van der Waals surface area contributed by atoms with Crippen molar-refractivity contribution in [3.63, 3.8) is 0 Å². The van der Waals surface area contributed by atoms with Gasteiger partial charge in [-0.1, -0.05) is 12.1 Å². The number of nitro groups is 1. The molecule has 1 amide bonds. The standard InChI is InChI=1S/C13H17N3O4/c1-9-10(3-2-4-11(9)16(18)19)7-15-5-6-20-8-12(15)13(14)17/h2-4,12H,5-8H2,1H3,(H2,14,17)/t12-/m0/s1. The first-order valence-electron chi connectivity index (χ1n) is 6.34. The summed E-state index contributed by atoms with van der Waals surface area (Å²) in [5.74, 6) is -0.437. The molecule has 108 valence electrons. The summed E-state index contributed by atoms with van der Waals surface area (Å²) in [5, 5.41) is 10.9. The highest BCUT2D eigenvalue weighted by Crippen LogP contribution is 2.23. The molecule has 1 aliphatic rings. The van der Waals surface area contributed by atoms with Crippen molar-refractivity contribution in [1.29, 1.82) is 0 Å². The molecule has 0 spiro atoms. The zero-order chi connectivity index (χ0) is 14.7. The van der Waals surface area contributed by atoms with Gasteiger partial charge in [0.2, 0.25) is 5.91 Å². The van der Waals surface area contributed by atoms with Gasteiger partial charge in [-0.05, 0) is 12.5 Å². The monoisotopic (exact) mass is 279 g/mol. The van der Waals surface area contributed by atoms with Crippen LogP contribution in [0.2, 0.25) is 0 Å². The van der Waals surface area contributed by atoms with E-state index in [0.29, 0.717) is 25.3 Å². The van der Waals surface area contributed by atoms with E-state index in [1.165, 1.54) is 6.07 Å². The second-order valence-corrected chi connectivity index (χ2v) is 4.78.